The number of hydrogen-bond donors (Lipinski definition) is 1. The number of nitrogens with one attached hydrogen (secondary N) is 1. The van der Waals surface area contributed by atoms with Crippen molar-refractivity contribution in [3.05, 3.63) is 64.2 Å². The molecule has 0 saturated heterocycles. The fourth-order valence-electron chi connectivity index (χ4n) is 2.35. The fraction of sp³-hybridized carbons (Fsp3) is 0.200. The molecule has 0 aliphatic rings. The van der Waals surface area contributed by atoms with Crippen LogP contribution in [0.4, 0.5) is 11.4 Å². The lowest BCUT2D eigenvalue weighted by molar-refractivity contribution is -0.383. The van der Waals surface area contributed by atoms with Crippen molar-refractivity contribution in [2.75, 3.05) is 19.5 Å². The van der Waals surface area contributed by atoms with Crippen LogP contribution in [0.5, 0.6) is 11.5 Å². The van der Waals surface area contributed by atoms with Gasteiger partial charge in [-0.1, -0.05) is 12.1 Å². The summed E-state index contributed by atoms with van der Waals surface area (Å²) in [4.78, 5) is 34.6. The van der Waals surface area contributed by atoms with Crippen molar-refractivity contribution in [3.63, 3.8) is 0 Å². The van der Waals surface area contributed by atoms with E-state index in [9.17, 15) is 19.7 Å². The van der Waals surface area contributed by atoms with Gasteiger partial charge in [0.1, 0.15) is 17.2 Å². The zero-order chi connectivity index (χ0) is 21.4. The molecular formula is C20H20N2O7. The maximum Gasteiger partial charge on any atom is 0.331 e. The van der Waals surface area contributed by atoms with Gasteiger partial charge in [-0.2, -0.15) is 0 Å². The minimum Gasteiger partial charge on any atom is -0.497 e. The second-order valence-corrected chi connectivity index (χ2v) is 5.78. The molecule has 2 rings (SSSR count). The molecule has 1 N–H and O–H groups in total. The molecule has 0 radical (unpaired) electrons. The maximum atomic E-state index is 12.2. The van der Waals surface area contributed by atoms with Crippen LogP contribution in [0.15, 0.2) is 48.5 Å². The molecule has 1 atom stereocenters. The average Bonchev–Trinajstić information content (AvgIpc) is 2.72. The van der Waals surface area contributed by atoms with E-state index in [4.69, 9.17) is 14.2 Å². The van der Waals surface area contributed by atoms with Crippen LogP contribution < -0.4 is 14.8 Å². The van der Waals surface area contributed by atoms with E-state index in [0.29, 0.717) is 17.1 Å². The summed E-state index contributed by atoms with van der Waals surface area (Å²) in [5.74, 6) is -0.353. The number of para-hydroxylation sites is 2. The molecule has 0 aliphatic heterocycles. The van der Waals surface area contributed by atoms with E-state index >= 15 is 0 Å². The van der Waals surface area contributed by atoms with Gasteiger partial charge >= 0.3 is 5.97 Å². The molecule has 1 amide bonds. The first-order chi connectivity index (χ1) is 13.8. The molecule has 152 valence electrons. The molecule has 0 bridgehead atoms. The Morgan fingerprint density at radius 2 is 1.86 bits per heavy atom. The summed E-state index contributed by atoms with van der Waals surface area (Å²) >= 11 is 0. The third kappa shape index (κ3) is 5.80. The van der Waals surface area contributed by atoms with E-state index in [1.165, 1.54) is 45.4 Å². The van der Waals surface area contributed by atoms with E-state index in [-0.39, 0.29) is 11.4 Å². The third-order valence-corrected chi connectivity index (χ3v) is 3.86. The Bertz CT molecular complexity index is 940. The number of carbonyl (C=O) groups is 2. The molecule has 0 unspecified atom stereocenters. The third-order valence-electron chi connectivity index (χ3n) is 3.86. The van der Waals surface area contributed by atoms with Crippen LogP contribution in [0.25, 0.3) is 6.08 Å². The molecule has 0 aromatic heterocycles. The summed E-state index contributed by atoms with van der Waals surface area (Å²) in [6.45, 7) is 1.36. The van der Waals surface area contributed by atoms with Gasteiger partial charge in [-0.05, 0) is 31.2 Å². The predicted molar refractivity (Wildman–Crippen MR) is 106 cm³/mol. The largest absolute Gasteiger partial charge is 0.497 e. The van der Waals surface area contributed by atoms with E-state index in [0.717, 1.165) is 6.08 Å². The van der Waals surface area contributed by atoms with Gasteiger partial charge in [0, 0.05) is 23.8 Å². The summed E-state index contributed by atoms with van der Waals surface area (Å²) in [7, 11) is 3.01. The standard InChI is InChI=1S/C20H20N2O7/c1-13(20(24)21-16-6-4-5-7-17(16)22(25)26)29-19(23)11-9-14-8-10-15(27-2)12-18(14)28-3/h4-13H,1-3H3,(H,21,24)/b11-9+/t13-/m1/s1. The Kier molecular flexibility index (Phi) is 7.30. The Labute approximate surface area is 167 Å². The lowest BCUT2D eigenvalue weighted by Gasteiger charge is -2.12. The van der Waals surface area contributed by atoms with Gasteiger partial charge in [0.05, 0.1) is 19.1 Å². The number of ether oxygens (including phenoxy) is 3. The highest BCUT2D eigenvalue weighted by Gasteiger charge is 2.20. The second-order valence-electron chi connectivity index (χ2n) is 5.78. The van der Waals surface area contributed by atoms with E-state index in [1.54, 1.807) is 24.3 Å². The van der Waals surface area contributed by atoms with Gasteiger partial charge in [0.25, 0.3) is 11.6 Å². The van der Waals surface area contributed by atoms with Crippen LogP contribution in [0, 0.1) is 10.1 Å². The van der Waals surface area contributed by atoms with Crippen molar-refractivity contribution in [2.45, 2.75) is 13.0 Å². The number of nitro benzene ring substituents is 1. The van der Waals surface area contributed by atoms with Crippen LogP contribution in [-0.4, -0.2) is 37.1 Å². The van der Waals surface area contributed by atoms with Crippen LogP contribution >= 0.6 is 0 Å². The topological polar surface area (TPSA) is 117 Å². The minimum atomic E-state index is -1.16. The Morgan fingerprint density at radius 1 is 1.14 bits per heavy atom. The number of nitrogens with zero attached hydrogens (tertiary/aromatic N) is 1. The fourth-order valence-corrected chi connectivity index (χ4v) is 2.35. The molecule has 0 aliphatic carbocycles. The van der Waals surface area contributed by atoms with Crippen molar-refractivity contribution >= 4 is 29.3 Å². The normalized spacial score (nSPS) is 11.6. The van der Waals surface area contributed by atoms with Gasteiger partial charge in [0.2, 0.25) is 0 Å². The predicted octanol–water partition coefficient (Wildman–Crippen LogP) is 3.20. The summed E-state index contributed by atoms with van der Waals surface area (Å²) in [5, 5.41) is 13.4. The number of hydrogen-bond acceptors (Lipinski definition) is 7. The maximum absolute atomic E-state index is 12.2. The first-order valence-electron chi connectivity index (χ1n) is 8.50. The number of amides is 1. The molecule has 9 heteroatoms. The molecule has 29 heavy (non-hydrogen) atoms. The number of anilines is 1. The van der Waals surface area contributed by atoms with Crippen LogP contribution in [0.2, 0.25) is 0 Å². The van der Waals surface area contributed by atoms with Gasteiger partial charge < -0.3 is 19.5 Å². The molecule has 2 aromatic carbocycles. The number of methoxy groups -OCH3 is 2. The monoisotopic (exact) mass is 400 g/mol. The summed E-state index contributed by atoms with van der Waals surface area (Å²) in [6, 6.07) is 10.7. The van der Waals surface area contributed by atoms with E-state index in [1.807, 2.05) is 0 Å². The van der Waals surface area contributed by atoms with Crippen molar-refractivity contribution in [1.82, 2.24) is 0 Å². The average molecular weight is 400 g/mol. The van der Waals surface area contributed by atoms with Crippen molar-refractivity contribution in [1.29, 1.82) is 0 Å². The molecule has 0 saturated carbocycles. The summed E-state index contributed by atoms with van der Waals surface area (Å²) in [6.07, 6.45) is 1.47. The van der Waals surface area contributed by atoms with E-state index < -0.39 is 22.9 Å². The highest BCUT2D eigenvalue weighted by atomic mass is 16.6. The molecule has 9 nitrogen and oxygen atoms in total. The Hall–Kier alpha value is -3.88. The first-order valence-corrected chi connectivity index (χ1v) is 8.50. The zero-order valence-corrected chi connectivity index (χ0v) is 16.1. The van der Waals surface area contributed by atoms with Crippen molar-refractivity contribution < 1.29 is 28.7 Å². The molecule has 0 heterocycles. The van der Waals surface area contributed by atoms with Crippen molar-refractivity contribution in [3.8, 4) is 11.5 Å². The SMILES string of the molecule is COc1ccc(/C=C/C(=O)O[C@H](C)C(=O)Nc2ccccc2[N+](=O)[O-])c(OC)c1. The number of carbonyl (C=O) groups excluding carboxylic acids is 2. The van der Waals surface area contributed by atoms with Crippen LogP contribution in [0.3, 0.4) is 0 Å². The number of rotatable bonds is 8. The molecule has 0 spiro atoms. The Morgan fingerprint density at radius 3 is 2.52 bits per heavy atom. The first kappa shape index (κ1) is 21.4. The lowest BCUT2D eigenvalue weighted by atomic mass is 10.1. The van der Waals surface area contributed by atoms with Gasteiger partial charge in [0.15, 0.2) is 6.10 Å². The molecule has 2 aromatic rings. The minimum absolute atomic E-state index is 0.0175. The Balaban J connectivity index is 2.01. The highest BCUT2D eigenvalue weighted by Crippen LogP contribution is 2.26. The lowest BCUT2D eigenvalue weighted by Crippen LogP contribution is -2.29. The van der Waals surface area contributed by atoms with Crippen LogP contribution in [-0.2, 0) is 14.3 Å². The summed E-state index contributed by atoms with van der Waals surface area (Å²) in [5.41, 5.74) is 0.372. The van der Waals surface area contributed by atoms with Gasteiger partial charge in [-0.15, -0.1) is 0 Å². The quantitative estimate of drug-likeness (QED) is 0.313. The van der Waals surface area contributed by atoms with Gasteiger partial charge in [-0.3, -0.25) is 14.9 Å². The van der Waals surface area contributed by atoms with Crippen LogP contribution in [0.1, 0.15) is 12.5 Å². The zero-order valence-electron chi connectivity index (χ0n) is 16.1. The summed E-state index contributed by atoms with van der Waals surface area (Å²) < 4.78 is 15.4. The van der Waals surface area contributed by atoms with E-state index in [2.05, 4.69) is 5.32 Å². The molecule has 0 fully saturated rings. The number of nitro groups is 1. The number of benzene rings is 2. The van der Waals surface area contributed by atoms with Crippen molar-refractivity contribution in [2.24, 2.45) is 0 Å². The smallest absolute Gasteiger partial charge is 0.331 e. The highest BCUT2D eigenvalue weighted by molar-refractivity contribution is 5.98. The van der Waals surface area contributed by atoms with Gasteiger partial charge in [-0.25, -0.2) is 4.79 Å². The second kappa shape index (κ2) is 9.88. The number of esters is 1. The molecular weight excluding hydrogens is 380 g/mol.